The summed E-state index contributed by atoms with van der Waals surface area (Å²) in [7, 11) is 3.20. The normalized spacial score (nSPS) is 13.9. The number of ether oxygens (including phenoxy) is 3. The molecule has 1 aromatic carbocycles. The minimum Gasteiger partial charge on any atom is -0.493 e. The highest BCUT2D eigenvalue weighted by Gasteiger charge is 2.28. The molecule has 0 atom stereocenters. The number of carbonyl (C=O) groups excluding carboxylic acids is 1. The summed E-state index contributed by atoms with van der Waals surface area (Å²) in [6, 6.07) is 3.83. The van der Waals surface area contributed by atoms with Gasteiger partial charge in [0.15, 0.2) is 11.5 Å². The van der Waals surface area contributed by atoms with Gasteiger partial charge in [-0.1, -0.05) is 0 Å². The molecule has 1 amide bonds. The number of methoxy groups -OCH3 is 2. The molecule has 0 spiro atoms. The summed E-state index contributed by atoms with van der Waals surface area (Å²) in [5.74, 6) is 1.36. The highest BCUT2D eigenvalue weighted by Crippen LogP contribution is 2.35. The molecular weight excluding hydrogens is 258 g/mol. The predicted octanol–water partition coefficient (Wildman–Crippen LogP) is 2.95. The Kier molecular flexibility index (Phi) is 3.79. The van der Waals surface area contributed by atoms with Crippen molar-refractivity contribution in [3.63, 3.8) is 0 Å². The van der Waals surface area contributed by atoms with Crippen LogP contribution >= 0.6 is 0 Å². The summed E-state index contributed by atoms with van der Waals surface area (Å²) in [4.78, 5) is 13.8. The second-order valence-electron chi connectivity index (χ2n) is 5.81. The summed E-state index contributed by atoms with van der Waals surface area (Å²) >= 11 is 0. The van der Waals surface area contributed by atoms with Gasteiger partial charge in [0.2, 0.25) is 0 Å². The maximum absolute atomic E-state index is 12.1. The minimum atomic E-state index is -0.485. The lowest BCUT2D eigenvalue weighted by Crippen LogP contribution is -2.33. The van der Waals surface area contributed by atoms with Crippen LogP contribution in [-0.4, -0.2) is 30.8 Å². The molecule has 2 rings (SSSR count). The van der Waals surface area contributed by atoms with Crippen LogP contribution in [0.25, 0.3) is 0 Å². The highest BCUT2D eigenvalue weighted by atomic mass is 16.6. The molecule has 0 aliphatic carbocycles. The van der Waals surface area contributed by atoms with E-state index in [1.54, 1.807) is 19.1 Å². The maximum Gasteiger partial charge on any atom is 0.410 e. The molecule has 20 heavy (non-hydrogen) atoms. The first kappa shape index (κ1) is 14.5. The lowest BCUT2D eigenvalue weighted by molar-refractivity contribution is 0.0242. The van der Waals surface area contributed by atoms with E-state index in [2.05, 4.69) is 0 Å². The molecule has 110 valence electrons. The number of carbonyl (C=O) groups is 1. The Bertz CT molecular complexity index is 486. The fourth-order valence-electron chi connectivity index (χ4n) is 2.18. The standard InChI is InChI=1S/C15H21NO4/c1-15(2,3)20-14(17)16-8-10-6-12(18-4)13(19-5)7-11(10)9-16/h6-7H,8-9H2,1-5H3. The van der Waals surface area contributed by atoms with Gasteiger partial charge in [0, 0.05) is 13.1 Å². The SMILES string of the molecule is COc1cc2c(cc1OC)CN(C(=O)OC(C)(C)C)C2. The van der Waals surface area contributed by atoms with Gasteiger partial charge in [0.1, 0.15) is 5.60 Å². The van der Waals surface area contributed by atoms with Crippen LogP contribution in [0.15, 0.2) is 12.1 Å². The van der Waals surface area contributed by atoms with Crippen LogP contribution < -0.4 is 9.47 Å². The van der Waals surface area contributed by atoms with Crippen molar-refractivity contribution in [2.75, 3.05) is 14.2 Å². The third kappa shape index (κ3) is 2.98. The van der Waals surface area contributed by atoms with Crippen molar-refractivity contribution in [1.82, 2.24) is 4.90 Å². The van der Waals surface area contributed by atoms with Gasteiger partial charge in [0.25, 0.3) is 0 Å². The molecule has 1 heterocycles. The van der Waals surface area contributed by atoms with Crippen LogP contribution in [0.4, 0.5) is 4.79 Å². The van der Waals surface area contributed by atoms with E-state index in [4.69, 9.17) is 14.2 Å². The van der Waals surface area contributed by atoms with E-state index in [1.807, 2.05) is 32.9 Å². The Morgan fingerprint density at radius 3 is 1.85 bits per heavy atom. The molecule has 5 nitrogen and oxygen atoms in total. The molecule has 0 aromatic heterocycles. The lowest BCUT2D eigenvalue weighted by Gasteiger charge is -2.24. The van der Waals surface area contributed by atoms with Crippen LogP contribution in [-0.2, 0) is 17.8 Å². The highest BCUT2D eigenvalue weighted by molar-refractivity contribution is 5.69. The fraction of sp³-hybridized carbons (Fsp3) is 0.533. The number of fused-ring (bicyclic) bond motifs is 1. The maximum atomic E-state index is 12.1. The molecule has 0 saturated carbocycles. The van der Waals surface area contributed by atoms with Crippen molar-refractivity contribution < 1.29 is 19.0 Å². The van der Waals surface area contributed by atoms with Crippen molar-refractivity contribution >= 4 is 6.09 Å². The summed E-state index contributed by atoms with van der Waals surface area (Å²) in [5, 5.41) is 0. The van der Waals surface area contributed by atoms with Gasteiger partial charge in [-0.05, 0) is 44.0 Å². The van der Waals surface area contributed by atoms with E-state index in [0.717, 1.165) is 11.1 Å². The van der Waals surface area contributed by atoms with Gasteiger partial charge in [-0.3, -0.25) is 4.90 Å². The Morgan fingerprint density at radius 1 is 1.05 bits per heavy atom. The molecule has 0 N–H and O–H groups in total. The molecule has 1 aliphatic rings. The van der Waals surface area contributed by atoms with E-state index in [9.17, 15) is 4.79 Å². The molecule has 1 aromatic rings. The van der Waals surface area contributed by atoms with Gasteiger partial charge < -0.3 is 14.2 Å². The van der Waals surface area contributed by atoms with E-state index < -0.39 is 5.60 Å². The average molecular weight is 279 g/mol. The van der Waals surface area contributed by atoms with Crippen molar-refractivity contribution in [2.24, 2.45) is 0 Å². The quantitative estimate of drug-likeness (QED) is 0.835. The molecule has 5 heteroatoms. The van der Waals surface area contributed by atoms with E-state index in [1.165, 1.54) is 0 Å². The van der Waals surface area contributed by atoms with Crippen molar-refractivity contribution in [3.05, 3.63) is 23.3 Å². The monoisotopic (exact) mass is 279 g/mol. The zero-order valence-electron chi connectivity index (χ0n) is 12.6. The predicted molar refractivity (Wildman–Crippen MR) is 75.0 cm³/mol. The third-order valence-corrected chi connectivity index (χ3v) is 3.08. The van der Waals surface area contributed by atoms with Crippen molar-refractivity contribution in [3.8, 4) is 11.5 Å². The first-order valence-corrected chi connectivity index (χ1v) is 6.55. The fourth-order valence-corrected chi connectivity index (χ4v) is 2.18. The van der Waals surface area contributed by atoms with Gasteiger partial charge in [-0.15, -0.1) is 0 Å². The summed E-state index contributed by atoms with van der Waals surface area (Å²) in [6.45, 7) is 6.65. The van der Waals surface area contributed by atoms with Crippen LogP contribution in [0.1, 0.15) is 31.9 Å². The summed E-state index contributed by atoms with van der Waals surface area (Å²) < 4.78 is 15.9. The smallest absolute Gasteiger partial charge is 0.410 e. The summed E-state index contributed by atoms with van der Waals surface area (Å²) in [5.41, 5.74) is 1.64. The Hall–Kier alpha value is -1.91. The number of hydrogen-bond acceptors (Lipinski definition) is 4. The first-order chi connectivity index (χ1) is 9.34. The number of amides is 1. The molecule has 0 bridgehead atoms. The zero-order chi connectivity index (χ0) is 14.9. The lowest BCUT2D eigenvalue weighted by atomic mass is 10.1. The van der Waals surface area contributed by atoms with Crippen molar-refractivity contribution in [1.29, 1.82) is 0 Å². The van der Waals surface area contributed by atoms with Crippen LogP contribution in [0.2, 0.25) is 0 Å². The van der Waals surface area contributed by atoms with Gasteiger partial charge in [-0.2, -0.15) is 0 Å². The zero-order valence-corrected chi connectivity index (χ0v) is 12.6. The third-order valence-electron chi connectivity index (χ3n) is 3.08. The van der Waals surface area contributed by atoms with Gasteiger partial charge in [-0.25, -0.2) is 4.79 Å². The first-order valence-electron chi connectivity index (χ1n) is 6.55. The molecule has 1 aliphatic heterocycles. The van der Waals surface area contributed by atoms with Crippen LogP contribution in [0.3, 0.4) is 0 Å². The Morgan fingerprint density at radius 2 is 1.50 bits per heavy atom. The number of nitrogens with zero attached hydrogens (tertiary/aromatic N) is 1. The average Bonchev–Trinajstić information content (AvgIpc) is 2.77. The Balaban J connectivity index is 2.17. The van der Waals surface area contributed by atoms with E-state index >= 15 is 0 Å². The minimum absolute atomic E-state index is 0.299. The van der Waals surface area contributed by atoms with Gasteiger partial charge >= 0.3 is 6.09 Å². The number of hydrogen-bond donors (Lipinski definition) is 0. The van der Waals surface area contributed by atoms with E-state index in [0.29, 0.717) is 24.6 Å². The molecule has 0 saturated heterocycles. The number of benzene rings is 1. The molecule has 0 radical (unpaired) electrons. The summed E-state index contributed by atoms with van der Waals surface area (Å²) in [6.07, 6.45) is -0.299. The van der Waals surface area contributed by atoms with Gasteiger partial charge in [0.05, 0.1) is 14.2 Å². The molecule has 0 fully saturated rings. The number of rotatable bonds is 2. The molecule has 0 unspecified atom stereocenters. The Labute approximate surface area is 119 Å². The van der Waals surface area contributed by atoms with Crippen molar-refractivity contribution in [2.45, 2.75) is 39.5 Å². The largest absolute Gasteiger partial charge is 0.493 e. The molecular formula is C15H21NO4. The van der Waals surface area contributed by atoms with Crippen LogP contribution in [0.5, 0.6) is 11.5 Å². The van der Waals surface area contributed by atoms with Crippen LogP contribution in [0, 0.1) is 0 Å². The van der Waals surface area contributed by atoms with E-state index in [-0.39, 0.29) is 6.09 Å². The topological polar surface area (TPSA) is 48.0 Å². The second-order valence-corrected chi connectivity index (χ2v) is 5.81. The second kappa shape index (κ2) is 5.23.